The third kappa shape index (κ3) is 2.90. The number of carbonyl (C=O) groups is 1. The number of hydrogen-bond acceptors (Lipinski definition) is 5. The third-order valence-corrected chi connectivity index (χ3v) is 3.07. The molecule has 0 aliphatic carbocycles. The van der Waals surface area contributed by atoms with Gasteiger partial charge in [0.1, 0.15) is 5.01 Å². The van der Waals surface area contributed by atoms with Crippen LogP contribution in [0.5, 0.6) is 0 Å². The number of nitrogens with one attached hydrogen (secondary N) is 1. The highest BCUT2D eigenvalue weighted by Gasteiger charge is 2.09. The van der Waals surface area contributed by atoms with Crippen molar-refractivity contribution in [2.75, 3.05) is 5.32 Å². The molecular weight excluding hydrogens is 248 g/mol. The summed E-state index contributed by atoms with van der Waals surface area (Å²) in [5.74, 6) is -0.227. The molecule has 1 heterocycles. The number of anilines is 1. The highest BCUT2D eigenvalue weighted by atomic mass is 32.1. The van der Waals surface area contributed by atoms with Crippen LogP contribution in [0.2, 0.25) is 0 Å². The van der Waals surface area contributed by atoms with Crippen LogP contribution in [0.25, 0.3) is 0 Å². The summed E-state index contributed by atoms with van der Waals surface area (Å²) in [5.41, 5.74) is 1.66. The van der Waals surface area contributed by atoms with Crippen molar-refractivity contribution in [1.29, 1.82) is 5.26 Å². The lowest BCUT2D eigenvalue weighted by atomic mass is 10.1. The van der Waals surface area contributed by atoms with Crippen molar-refractivity contribution >= 4 is 22.4 Å². The van der Waals surface area contributed by atoms with Crippen molar-refractivity contribution in [3.63, 3.8) is 0 Å². The van der Waals surface area contributed by atoms with E-state index in [-0.39, 0.29) is 12.3 Å². The van der Waals surface area contributed by atoms with Crippen LogP contribution in [0.3, 0.4) is 0 Å². The lowest BCUT2D eigenvalue weighted by Crippen LogP contribution is -2.11. The Kier molecular flexibility index (Phi) is 3.65. The van der Waals surface area contributed by atoms with Crippen LogP contribution in [0, 0.1) is 18.3 Å². The van der Waals surface area contributed by atoms with Crippen LogP contribution in [0.4, 0.5) is 5.13 Å². The molecule has 0 saturated heterocycles. The minimum atomic E-state index is -0.227. The van der Waals surface area contributed by atoms with Crippen LogP contribution in [-0.4, -0.2) is 16.1 Å². The molecule has 0 bridgehead atoms. The van der Waals surface area contributed by atoms with Crippen LogP contribution >= 0.6 is 11.3 Å². The zero-order valence-electron chi connectivity index (χ0n) is 9.67. The molecule has 0 fully saturated rings. The quantitative estimate of drug-likeness (QED) is 0.915. The normalized spacial score (nSPS) is 9.78. The fourth-order valence-corrected chi connectivity index (χ4v) is 1.98. The van der Waals surface area contributed by atoms with Crippen molar-refractivity contribution < 1.29 is 4.79 Å². The molecule has 0 aliphatic heterocycles. The van der Waals surface area contributed by atoms with E-state index in [0.717, 1.165) is 5.56 Å². The lowest BCUT2D eigenvalue weighted by molar-refractivity contribution is 0.102. The molecule has 0 spiro atoms. The molecule has 1 N–H and O–H groups in total. The molecule has 18 heavy (non-hydrogen) atoms. The maximum atomic E-state index is 11.9. The smallest absolute Gasteiger partial charge is 0.257 e. The Balaban J connectivity index is 2.06. The van der Waals surface area contributed by atoms with Crippen LogP contribution in [0.1, 0.15) is 20.9 Å². The topological polar surface area (TPSA) is 78.7 Å². The molecule has 90 valence electrons. The molecule has 5 nitrogen and oxygen atoms in total. The number of amides is 1. The number of carbonyl (C=O) groups excluding carboxylic acids is 1. The van der Waals surface area contributed by atoms with Crippen molar-refractivity contribution in [2.24, 2.45) is 0 Å². The van der Waals surface area contributed by atoms with Gasteiger partial charge >= 0.3 is 0 Å². The first-order chi connectivity index (χ1) is 8.69. The van der Waals surface area contributed by atoms with Gasteiger partial charge in [-0.3, -0.25) is 10.1 Å². The first-order valence-electron chi connectivity index (χ1n) is 5.26. The van der Waals surface area contributed by atoms with E-state index in [1.165, 1.54) is 11.3 Å². The second-order valence-electron chi connectivity index (χ2n) is 3.66. The second-order valence-corrected chi connectivity index (χ2v) is 4.72. The molecular formula is C12H10N4OS. The Morgan fingerprint density at radius 3 is 2.78 bits per heavy atom. The lowest BCUT2D eigenvalue weighted by Gasteiger charge is -2.01. The number of aromatic nitrogens is 2. The number of nitriles is 1. The van der Waals surface area contributed by atoms with E-state index in [4.69, 9.17) is 5.26 Å². The van der Waals surface area contributed by atoms with Gasteiger partial charge in [0.05, 0.1) is 12.5 Å². The van der Waals surface area contributed by atoms with Gasteiger partial charge in [0.2, 0.25) is 5.13 Å². The van der Waals surface area contributed by atoms with Crippen molar-refractivity contribution in [3.05, 3.63) is 40.4 Å². The monoisotopic (exact) mass is 258 g/mol. The summed E-state index contributed by atoms with van der Waals surface area (Å²) < 4.78 is 0. The maximum absolute atomic E-state index is 11.9. The number of rotatable bonds is 3. The predicted molar refractivity (Wildman–Crippen MR) is 68.4 cm³/mol. The standard InChI is InChI=1S/C12H10N4OS/c1-8-2-4-9(5-3-8)11(17)14-12-16-15-10(18-12)6-7-13/h2-5H,6H2,1H3,(H,14,16,17). The summed E-state index contributed by atoms with van der Waals surface area (Å²) in [6, 6.07) is 9.23. The summed E-state index contributed by atoms with van der Waals surface area (Å²) in [7, 11) is 0. The summed E-state index contributed by atoms with van der Waals surface area (Å²) in [5, 5.41) is 19.8. The Morgan fingerprint density at radius 2 is 2.11 bits per heavy atom. The highest BCUT2D eigenvalue weighted by molar-refractivity contribution is 7.15. The molecule has 2 rings (SSSR count). The fourth-order valence-electron chi connectivity index (χ4n) is 1.32. The van der Waals surface area contributed by atoms with E-state index in [1.54, 1.807) is 12.1 Å². The molecule has 2 aromatic rings. The van der Waals surface area contributed by atoms with E-state index in [2.05, 4.69) is 15.5 Å². The number of nitrogens with zero attached hydrogens (tertiary/aromatic N) is 3. The minimum absolute atomic E-state index is 0.206. The predicted octanol–water partition coefficient (Wildman–Crippen LogP) is 2.16. The first-order valence-corrected chi connectivity index (χ1v) is 6.08. The molecule has 6 heteroatoms. The second kappa shape index (κ2) is 5.38. The van der Waals surface area contributed by atoms with E-state index >= 15 is 0 Å². The number of hydrogen-bond donors (Lipinski definition) is 1. The molecule has 0 saturated carbocycles. The zero-order valence-corrected chi connectivity index (χ0v) is 10.5. The van der Waals surface area contributed by atoms with E-state index in [0.29, 0.717) is 15.7 Å². The molecule has 0 atom stereocenters. The summed E-state index contributed by atoms with van der Waals surface area (Å²) in [4.78, 5) is 11.9. The van der Waals surface area contributed by atoms with Crippen LogP contribution in [-0.2, 0) is 6.42 Å². The van der Waals surface area contributed by atoms with Crippen LogP contribution in [0.15, 0.2) is 24.3 Å². The number of benzene rings is 1. The summed E-state index contributed by atoms with van der Waals surface area (Å²) in [6.07, 6.45) is 0.206. The van der Waals surface area contributed by atoms with Crippen molar-refractivity contribution in [2.45, 2.75) is 13.3 Å². The van der Waals surface area contributed by atoms with Gasteiger partial charge in [-0.15, -0.1) is 10.2 Å². The highest BCUT2D eigenvalue weighted by Crippen LogP contribution is 2.16. The SMILES string of the molecule is Cc1ccc(C(=O)Nc2nnc(CC#N)s2)cc1. The first kappa shape index (κ1) is 12.2. The Morgan fingerprint density at radius 1 is 1.39 bits per heavy atom. The molecule has 0 radical (unpaired) electrons. The maximum Gasteiger partial charge on any atom is 0.257 e. The Hall–Kier alpha value is -2.26. The zero-order chi connectivity index (χ0) is 13.0. The number of aryl methyl sites for hydroxylation is 1. The Bertz CT molecular complexity index is 597. The largest absolute Gasteiger partial charge is 0.296 e. The molecule has 1 aromatic carbocycles. The average molecular weight is 258 g/mol. The average Bonchev–Trinajstić information content (AvgIpc) is 2.78. The third-order valence-electron chi connectivity index (χ3n) is 2.23. The molecule has 1 aromatic heterocycles. The summed E-state index contributed by atoms with van der Waals surface area (Å²) in [6.45, 7) is 1.96. The molecule has 0 aliphatic rings. The van der Waals surface area contributed by atoms with Gasteiger partial charge in [-0.1, -0.05) is 29.0 Å². The van der Waals surface area contributed by atoms with Gasteiger partial charge in [0.15, 0.2) is 0 Å². The van der Waals surface area contributed by atoms with Crippen molar-refractivity contribution in [1.82, 2.24) is 10.2 Å². The Labute approximate surface area is 108 Å². The van der Waals surface area contributed by atoms with Crippen molar-refractivity contribution in [3.8, 4) is 6.07 Å². The van der Waals surface area contributed by atoms with Crippen LogP contribution < -0.4 is 5.32 Å². The van der Waals surface area contributed by atoms with Gasteiger partial charge in [0, 0.05) is 5.56 Å². The van der Waals surface area contributed by atoms with Gasteiger partial charge in [-0.25, -0.2) is 0 Å². The van der Waals surface area contributed by atoms with Gasteiger partial charge in [0.25, 0.3) is 5.91 Å². The fraction of sp³-hybridized carbons (Fsp3) is 0.167. The van der Waals surface area contributed by atoms with Gasteiger partial charge < -0.3 is 0 Å². The van der Waals surface area contributed by atoms with E-state index in [1.807, 2.05) is 25.1 Å². The van der Waals surface area contributed by atoms with E-state index < -0.39 is 0 Å². The molecule has 1 amide bonds. The minimum Gasteiger partial charge on any atom is -0.296 e. The molecule has 0 unspecified atom stereocenters. The van der Waals surface area contributed by atoms with E-state index in [9.17, 15) is 4.79 Å². The summed E-state index contributed by atoms with van der Waals surface area (Å²) >= 11 is 1.21. The van der Waals surface area contributed by atoms with Gasteiger partial charge in [-0.2, -0.15) is 5.26 Å². The van der Waals surface area contributed by atoms with Gasteiger partial charge in [-0.05, 0) is 19.1 Å².